The van der Waals surface area contributed by atoms with Crippen LogP contribution in [0.25, 0.3) is 10.2 Å². The lowest BCUT2D eigenvalue weighted by Crippen LogP contribution is -2.15. The van der Waals surface area contributed by atoms with Gasteiger partial charge in [0.15, 0.2) is 16.8 Å². The maximum Gasteiger partial charge on any atom is 0.189 e. The lowest BCUT2D eigenvalue weighted by atomic mass is 10.2. The number of thiazole rings is 1. The molecule has 4 rings (SSSR count). The van der Waals surface area contributed by atoms with Gasteiger partial charge in [-0.2, -0.15) is 0 Å². The zero-order valence-electron chi connectivity index (χ0n) is 14.5. The lowest BCUT2D eigenvalue weighted by Gasteiger charge is -2.20. The van der Waals surface area contributed by atoms with Crippen LogP contribution in [-0.2, 0) is 0 Å². The molecule has 0 spiro atoms. The van der Waals surface area contributed by atoms with E-state index < -0.39 is 0 Å². The molecule has 0 bridgehead atoms. The Bertz CT molecular complexity index is 1060. The summed E-state index contributed by atoms with van der Waals surface area (Å²) in [7, 11) is 1.93. The first-order valence-electron chi connectivity index (χ1n) is 8.16. The van der Waals surface area contributed by atoms with E-state index in [1.807, 2.05) is 48.3 Å². The number of nitrogen functional groups attached to an aromatic ring is 1. The number of aryl methyl sites for hydroxylation is 1. The van der Waals surface area contributed by atoms with Gasteiger partial charge in [-0.1, -0.05) is 41.7 Å². The van der Waals surface area contributed by atoms with Gasteiger partial charge in [-0.3, -0.25) is 0 Å². The molecule has 0 saturated heterocycles. The number of rotatable bonds is 4. The maximum absolute atomic E-state index is 6.34. The summed E-state index contributed by atoms with van der Waals surface area (Å²) < 4.78 is 1.13. The van der Waals surface area contributed by atoms with Gasteiger partial charge in [0.1, 0.15) is 12.0 Å². The third-order valence-electron chi connectivity index (χ3n) is 4.17. The molecule has 0 unspecified atom stereocenters. The number of anilines is 5. The highest BCUT2D eigenvalue weighted by atomic mass is 32.1. The Hall–Kier alpha value is -3.19. The number of hydrogen-bond acceptors (Lipinski definition) is 7. The van der Waals surface area contributed by atoms with Gasteiger partial charge in [0.2, 0.25) is 0 Å². The molecule has 4 aromatic rings. The summed E-state index contributed by atoms with van der Waals surface area (Å²) >= 11 is 1.57. The van der Waals surface area contributed by atoms with Gasteiger partial charge < -0.3 is 16.0 Å². The fourth-order valence-electron chi connectivity index (χ4n) is 2.77. The van der Waals surface area contributed by atoms with Gasteiger partial charge in [0.05, 0.1) is 10.2 Å². The van der Waals surface area contributed by atoms with Crippen LogP contribution in [0, 0.1) is 6.92 Å². The van der Waals surface area contributed by atoms with E-state index in [0.29, 0.717) is 17.3 Å². The van der Waals surface area contributed by atoms with Gasteiger partial charge in [-0.25, -0.2) is 15.0 Å². The first-order valence-corrected chi connectivity index (χ1v) is 8.97. The van der Waals surface area contributed by atoms with E-state index in [4.69, 9.17) is 5.73 Å². The van der Waals surface area contributed by atoms with Gasteiger partial charge in [-0.05, 0) is 30.7 Å². The van der Waals surface area contributed by atoms with E-state index >= 15 is 0 Å². The molecule has 3 N–H and O–H groups in total. The number of nitrogens with one attached hydrogen (secondary N) is 1. The average Bonchev–Trinajstić information content (AvgIpc) is 3.08. The molecule has 0 aliphatic heterocycles. The molecule has 2 aromatic heterocycles. The summed E-state index contributed by atoms with van der Waals surface area (Å²) in [6.07, 6.45) is 1.51. The van der Waals surface area contributed by atoms with Crippen molar-refractivity contribution in [3.63, 3.8) is 0 Å². The maximum atomic E-state index is 6.34. The Labute approximate surface area is 155 Å². The van der Waals surface area contributed by atoms with Crippen LogP contribution in [0.2, 0.25) is 0 Å². The highest BCUT2D eigenvalue weighted by Gasteiger charge is 2.15. The second-order valence-corrected chi connectivity index (χ2v) is 6.95. The molecule has 0 saturated carbocycles. The van der Waals surface area contributed by atoms with Crippen molar-refractivity contribution in [2.45, 2.75) is 6.92 Å². The van der Waals surface area contributed by atoms with E-state index in [1.54, 1.807) is 11.3 Å². The van der Waals surface area contributed by atoms with Gasteiger partial charge in [0.25, 0.3) is 0 Å². The third-order valence-corrected chi connectivity index (χ3v) is 5.11. The summed E-state index contributed by atoms with van der Waals surface area (Å²) in [5.41, 5.74) is 9.96. The lowest BCUT2D eigenvalue weighted by molar-refractivity contribution is 1.09. The molecule has 0 aliphatic rings. The largest absolute Gasteiger partial charge is 0.393 e. The third kappa shape index (κ3) is 2.93. The Balaban J connectivity index is 1.68. The molecule has 0 radical (unpaired) electrons. The smallest absolute Gasteiger partial charge is 0.189 e. The van der Waals surface area contributed by atoms with Crippen molar-refractivity contribution in [2.75, 3.05) is 23.0 Å². The quantitative estimate of drug-likeness (QED) is 0.557. The summed E-state index contributed by atoms with van der Waals surface area (Å²) in [5.74, 6) is 1.19. The molecule has 0 amide bonds. The van der Waals surface area contributed by atoms with Crippen LogP contribution in [0.3, 0.4) is 0 Å². The topological polar surface area (TPSA) is 80.0 Å². The normalized spacial score (nSPS) is 10.8. The molecule has 6 nitrogen and oxygen atoms in total. The fraction of sp³-hybridized carbons (Fsp3) is 0.105. The van der Waals surface area contributed by atoms with Crippen LogP contribution >= 0.6 is 11.3 Å². The zero-order chi connectivity index (χ0) is 18.1. The van der Waals surface area contributed by atoms with Crippen LogP contribution in [0.5, 0.6) is 0 Å². The Kier molecular flexibility index (Phi) is 4.14. The average molecular weight is 362 g/mol. The summed E-state index contributed by atoms with van der Waals surface area (Å²) in [4.78, 5) is 15.2. The first kappa shape index (κ1) is 16.3. The van der Waals surface area contributed by atoms with E-state index in [9.17, 15) is 0 Å². The van der Waals surface area contributed by atoms with Crippen molar-refractivity contribution in [2.24, 2.45) is 0 Å². The SMILES string of the molecule is Cc1cccc2sc(Nc3ncnc(N(C)c4ccccc4)c3N)nc12. The van der Waals surface area contributed by atoms with Gasteiger partial charge in [-0.15, -0.1) is 0 Å². The predicted octanol–water partition coefficient (Wildman–Crippen LogP) is 4.49. The molecular weight excluding hydrogens is 344 g/mol. The molecule has 2 heterocycles. The highest BCUT2D eigenvalue weighted by molar-refractivity contribution is 7.22. The van der Waals surface area contributed by atoms with Crippen LogP contribution < -0.4 is 16.0 Å². The second-order valence-electron chi connectivity index (χ2n) is 5.92. The minimum Gasteiger partial charge on any atom is -0.393 e. The van der Waals surface area contributed by atoms with Crippen molar-refractivity contribution in [3.8, 4) is 0 Å². The Morgan fingerprint density at radius 2 is 1.85 bits per heavy atom. The zero-order valence-corrected chi connectivity index (χ0v) is 15.3. The highest BCUT2D eigenvalue weighted by Crippen LogP contribution is 2.34. The predicted molar refractivity (Wildman–Crippen MR) is 109 cm³/mol. The monoisotopic (exact) mass is 362 g/mol. The number of fused-ring (bicyclic) bond motifs is 1. The molecule has 0 aliphatic carbocycles. The number of nitrogens with two attached hydrogens (primary N) is 1. The van der Waals surface area contributed by atoms with Gasteiger partial charge in [0, 0.05) is 12.7 Å². The van der Waals surface area contributed by atoms with E-state index in [1.165, 1.54) is 6.33 Å². The first-order chi connectivity index (χ1) is 12.6. The number of aromatic nitrogens is 3. The molecular formula is C19H18N6S. The van der Waals surface area contributed by atoms with Crippen LogP contribution in [-0.4, -0.2) is 22.0 Å². The molecule has 130 valence electrons. The fourth-order valence-corrected chi connectivity index (χ4v) is 3.71. The number of nitrogens with zero attached hydrogens (tertiary/aromatic N) is 4. The van der Waals surface area contributed by atoms with Gasteiger partial charge >= 0.3 is 0 Å². The number of benzene rings is 2. The van der Waals surface area contributed by atoms with E-state index in [0.717, 1.165) is 26.6 Å². The molecule has 2 aromatic carbocycles. The number of hydrogen-bond donors (Lipinski definition) is 2. The van der Waals surface area contributed by atoms with Crippen molar-refractivity contribution in [1.82, 2.24) is 15.0 Å². The Morgan fingerprint density at radius 1 is 1.04 bits per heavy atom. The standard InChI is InChI=1S/C19H18N6S/c1-12-7-6-10-14-16(12)23-19(26-14)24-17-15(20)18(22-11-21-17)25(2)13-8-4-3-5-9-13/h3-11H,20H2,1-2H3,(H,21,22,23,24). The molecule has 7 heteroatoms. The minimum atomic E-state index is 0.481. The molecule has 0 fully saturated rings. The van der Waals surface area contributed by atoms with Crippen LogP contribution in [0.1, 0.15) is 5.56 Å². The van der Waals surface area contributed by atoms with Crippen LogP contribution in [0.4, 0.5) is 28.1 Å². The van der Waals surface area contributed by atoms with Crippen LogP contribution in [0.15, 0.2) is 54.9 Å². The Morgan fingerprint density at radius 3 is 2.62 bits per heavy atom. The van der Waals surface area contributed by atoms with E-state index in [2.05, 4.69) is 39.3 Å². The molecule has 0 atom stereocenters. The summed E-state index contributed by atoms with van der Waals surface area (Å²) in [5, 5.41) is 4.00. The molecule has 26 heavy (non-hydrogen) atoms. The van der Waals surface area contributed by atoms with Crippen molar-refractivity contribution in [3.05, 3.63) is 60.4 Å². The van der Waals surface area contributed by atoms with E-state index in [-0.39, 0.29) is 0 Å². The number of para-hydroxylation sites is 2. The second kappa shape index (κ2) is 6.61. The van der Waals surface area contributed by atoms with Crippen molar-refractivity contribution >= 4 is 49.7 Å². The summed E-state index contributed by atoms with van der Waals surface area (Å²) in [6.45, 7) is 2.05. The summed E-state index contributed by atoms with van der Waals surface area (Å²) in [6, 6.07) is 16.1. The van der Waals surface area contributed by atoms with Crippen molar-refractivity contribution in [1.29, 1.82) is 0 Å². The van der Waals surface area contributed by atoms with Crippen molar-refractivity contribution < 1.29 is 0 Å². The minimum absolute atomic E-state index is 0.481.